The molecule has 2 N–H and O–H groups in total. The molecule has 1 aliphatic heterocycles. The Morgan fingerprint density at radius 3 is 2.16 bits per heavy atom. The number of carbonyl (C=O) groups is 2. The number of rotatable bonds is 7. The van der Waals surface area contributed by atoms with Crippen LogP contribution in [0.25, 0.3) is 0 Å². The lowest BCUT2D eigenvalue weighted by Crippen LogP contribution is -2.48. The van der Waals surface area contributed by atoms with Crippen molar-refractivity contribution < 1.29 is 9.59 Å². The van der Waals surface area contributed by atoms with Crippen LogP contribution >= 0.6 is 23.2 Å². The van der Waals surface area contributed by atoms with Gasteiger partial charge in [0.1, 0.15) is 0 Å². The molecule has 3 amide bonds. The molecule has 1 saturated heterocycles. The summed E-state index contributed by atoms with van der Waals surface area (Å²) in [6.07, 6.45) is 3.85. The fraction of sp³-hybridized carbons (Fsp3) is 0.391. The van der Waals surface area contributed by atoms with Gasteiger partial charge in [-0.15, -0.1) is 0 Å². The molecule has 0 bridgehead atoms. The highest BCUT2D eigenvalue weighted by atomic mass is 35.5. The third-order valence-electron chi connectivity index (χ3n) is 5.32. The summed E-state index contributed by atoms with van der Waals surface area (Å²) in [6, 6.07) is 12.3. The molecule has 0 saturated carbocycles. The standard InChI is InChI=1S/C23H28Cl2N4O2/c1-2-3-4-8-21(30)29-15-13-28(14-16-29)18-11-9-17(10-12-18)26-23(31)27-22-19(24)6-5-7-20(22)25/h5-7,9-12H,2-4,8,13-16H2,1H3,(H2,26,27,31). The lowest BCUT2D eigenvalue weighted by atomic mass is 10.1. The number of benzene rings is 2. The van der Waals surface area contributed by atoms with Gasteiger partial charge >= 0.3 is 6.03 Å². The van der Waals surface area contributed by atoms with Crippen LogP contribution < -0.4 is 15.5 Å². The SMILES string of the molecule is CCCCCC(=O)N1CCN(c2ccc(NC(=O)Nc3c(Cl)cccc3Cl)cc2)CC1. The molecule has 1 fully saturated rings. The second-order valence-corrected chi connectivity index (χ2v) is 8.36. The van der Waals surface area contributed by atoms with Gasteiger partial charge in [0.2, 0.25) is 5.91 Å². The number of hydrogen-bond acceptors (Lipinski definition) is 3. The van der Waals surface area contributed by atoms with Crippen LogP contribution in [0.5, 0.6) is 0 Å². The fourth-order valence-corrected chi connectivity index (χ4v) is 4.04. The van der Waals surface area contributed by atoms with Gasteiger partial charge < -0.3 is 20.4 Å². The summed E-state index contributed by atoms with van der Waals surface area (Å²) in [5.41, 5.74) is 2.11. The highest BCUT2D eigenvalue weighted by Gasteiger charge is 2.21. The number of amides is 3. The summed E-state index contributed by atoms with van der Waals surface area (Å²) in [5, 5.41) is 6.21. The van der Waals surface area contributed by atoms with E-state index in [9.17, 15) is 9.59 Å². The van der Waals surface area contributed by atoms with Crippen molar-refractivity contribution in [3.05, 3.63) is 52.5 Å². The minimum absolute atomic E-state index is 0.261. The van der Waals surface area contributed by atoms with Crippen LogP contribution in [0.3, 0.4) is 0 Å². The molecule has 8 heteroatoms. The molecule has 0 radical (unpaired) electrons. The predicted octanol–water partition coefficient (Wildman–Crippen LogP) is 5.87. The Hall–Kier alpha value is -2.44. The average Bonchev–Trinajstić information content (AvgIpc) is 2.77. The van der Waals surface area contributed by atoms with Gasteiger partial charge in [-0.2, -0.15) is 0 Å². The molecule has 1 aliphatic rings. The third kappa shape index (κ3) is 6.52. The molecule has 0 aliphatic carbocycles. The second kappa shape index (κ2) is 11.3. The van der Waals surface area contributed by atoms with Crippen molar-refractivity contribution in [1.29, 1.82) is 0 Å². The highest BCUT2D eigenvalue weighted by Crippen LogP contribution is 2.30. The number of para-hydroxylation sites is 1. The van der Waals surface area contributed by atoms with E-state index >= 15 is 0 Å². The lowest BCUT2D eigenvalue weighted by Gasteiger charge is -2.36. The van der Waals surface area contributed by atoms with Crippen LogP contribution in [0.1, 0.15) is 32.6 Å². The van der Waals surface area contributed by atoms with Gasteiger partial charge in [-0.3, -0.25) is 4.79 Å². The number of unbranched alkanes of at least 4 members (excludes halogenated alkanes) is 2. The largest absolute Gasteiger partial charge is 0.368 e. The molecule has 0 aromatic heterocycles. The molecule has 2 aromatic carbocycles. The molecule has 3 rings (SSSR count). The van der Waals surface area contributed by atoms with E-state index in [4.69, 9.17) is 23.2 Å². The fourth-order valence-electron chi connectivity index (χ4n) is 3.55. The first kappa shape index (κ1) is 23.2. The van der Waals surface area contributed by atoms with Crippen molar-refractivity contribution in [2.45, 2.75) is 32.6 Å². The first-order chi connectivity index (χ1) is 15.0. The van der Waals surface area contributed by atoms with Crippen LogP contribution in [0.2, 0.25) is 10.0 Å². The predicted molar refractivity (Wildman–Crippen MR) is 128 cm³/mol. The molecule has 6 nitrogen and oxygen atoms in total. The summed E-state index contributed by atoms with van der Waals surface area (Å²) in [4.78, 5) is 28.8. The van der Waals surface area contributed by atoms with Crippen LogP contribution in [0, 0.1) is 0 Å². The summed E-state index contributed by atoms with van der Waals surface area (Å²) < 4.78 is 0. The maximum Gasteiger partial charge on any atom is 0.323 e. The number of urea groups is 1. The van der Waals surface area contributed by atoms with E-state index in [1.807, 2.05) is 29.2 Å². The summed E-state index contributed by atoms with van der Waals surface area (Å²) in [7, 11) is 0. The normalized spacial score (nSPS) is 13.8. The molecule has 0 spiro atoms. The van der Waals surface area contributed by atoms with E-state index in [1.165, 1.54) is 0 Å². The van der Waals surface area contributed by atoms with E-state index in [0.29, 0.717) is 27.8 Å². The number of nitrogens with one attached hydrogen (secondary N) is 2. The van der Waals surface area contributed by atoms with Crippen LogP contribution in [-0.2, 0) is 4.79 Å². The van der Waals surface area contributed by atoms with Crippen LogP contribution in [0.4, 0.5) is 21.9 Å². The van der Waals surface area contributed by atoms with E-state index < -0.39 is 6.03 Å². The first-order valence-corrected chi connectivity index (χ1v) is 11.4. The smallest absolute Gasteiger partial charge is 0.323 e. The second-order valence-electron chi connectivity index (χ2n) is 7.55. The molecule has 1 heterocycles. The number of carbonyl (C=O) groups excluding carboxylic acids is 2. The maximum absolute atomic E-state index is 12.3. The van der Waals surface area contributed by atoms with Crippen molar-refractivity contribution in [1.82, 2.24) is 4.90 Å². The zero-order valence-electron chi connectivity index (χ0n) is 17.7. The zero-order chi connectivity index (χ0) is 22.2. The summed E-state index contributed by atoms with van der Waals surface area (Å²) in [6.45, 7) is 5.23. The van der Waals surface area contributed by atoms with E-state index in [1.54, 1.807) is 18.2 Å². The molecule has 166 valence electrons. The Bertz CT molecular complexity index is 877. The summed E-state index contributed by atoms with van der Waals surface area (Å²) in [5.74, 6) is 0.261. The number of piperazine rings is 1. The molecular formula is C23H28Cl2N4O2. The highest BCUT2D eigenvalue weighted by molar-refractivity contribution is 6.39. The van der Waals surface area contributed by atoms with Gasteiger partial charge in [-0.1, -0.05) is 49.0 Å². The monoisotopic (exact) mass is 462 g/mol. The Labute approximate surface area is 193 Å². The quantitative estimate of drug-likeness (QED) is 0.505. The van der Waals surface area contributed by atoms with Crippen molar-refractivity contribution in [2.24, 2.45) is 0 Å². The van der Waals surface area contributed by atoms with Gasteiger partial charge in [0, 0.05) is 44.0 Å². The third-order valence-corrected chi connectivity index (χ3v) is 5.95. The minimum Gasteiger partial charge on any atom is -0.368 e. The van der Waals surface area contributed by atoms with Crippen LogP contribution in [-0.4, -0.2) is 43.0 Å². The summed E-state index contributed by atoms with van der Waals surface area (Å²) >= 11 is 12.2. The van der Waals surface area contributed by atoms with Gasteiger partial charge in [0.15, 0.2) is 0 Å². The lowest BCUT2D eigenvalue weighted by molar-refractivity contribution is -0.131. The zero-order valence-corrected chi connectivity index (χ0v) is 19.2. The van der Waals surface area contributed by atoms with Crippen molar-refractivity contribution >= 4 is 52.2 Å². The van der Waals surface area contributed by atoms with Gasteiger partial charge in [0.25, 0.3) is 0 Å². The molecule has 31 heavy (non-hydrogen) atoms. The van der Waals surface area contributed by atoms with Crippen molar-refractivity contribution in [3.8, 4) is 0 Å². The first-order valence-electron chi connectivity index (χ1n) is 10.6. The number of halogens is 2. The topological polar surface area (TPSA) is 64.7 Å². The Balaban J connectivity index is 1.49. The van der Waals surface area contributed by atoms with E-state index in [-0.39, 0.29) is 5.91 Å². The van der Waals surface area contributed by atoms with Gasteiger partial charge in [-0.25, -0.2) is 4.79 Å². The molecule has 0 atom stereocenters. The number of nitrogens with zero attached hydrogens (tertiary/aromatic N) is 2. The molecular weight excluding hydrogens is 435 g/mol. The average molecular weight is 463 g/mol. The Morgan fingerprint density at radius 2 is 1.55 bits per heavy atom. The number of anilines is 3. The van der Waals surface area contributed by atoms with E-state index in [2.05, 4.69) is 22.5 Å². The Morgan fingerprint density at radius 1 is 0.903 bits per heavy atom. The Kier molecular flexibility index (Phi) is 8.43. The molecule has 2 aromatic rings. The molecule has 0 unspecified atom stereocenters. The van der Waals surface area contributed by atoms with Crippen LogP contribution in [0.15, 0.2) is 42.5 Å². The van der Waals surface area contributed by atoms with Gasteiger partial charge in [0.05, 0.1) is 15.7 Å². The van der Waals surface area contributed by atoms with Crippen molar-refractivity contribution in [3.63, 3.8) is 0 Å². The minimum atomic E-state index is -0.419. The number of hydrogen-bond donors (Lipinski definition) is 2. The maximum atomic E-state index is 12.3. The van der Waals surface area contributed by atoms with E-state index in [0.717, 1.165) is 51.1 Å². The van der Waals surface area contributed by atoms with Gasteiger partial charge in [-0.05, 0) is 42.8 Å². The van der Waals surface area contributed by atoms with Crippen molar-refractivity contribution in [2.75, 3.05) is 41.7 Å².